The number of fused-ring (bicyclic) bond motifs is 1. The van der Waals surface area contributed by atoms with Crippen LogP contribution < -0.4 is 5.32 Å². The summed E-state index contributed by atoms with van der Waals surface area (Å²) >= 11 is 1.74. The van der Waals surface area contributed by atoms with Gasteiger partial charge in [0.2, 0.25) is 0 Å². The monoisotopic (exact) mass is 299 g/mol. The molecule has 3 rings (SSSR count). The molecule has 0 aliphatic heterocycles. The lowest BCUT2D eigenvalue weighted by atomic mass is 9.93. The van der Waals surface area contributed by atoms with E-state index in [-0.39, 0.29) is 11.7 Å². The van der Waals surface area contributed by atoms with Gasteiger partial charge in [-0.3, -0.25) is 10.1 Å². The van der Waals surface area contributed by atoms with Gasteiger partial charge in [-0.15, -0.1) is 11.3 Å². The van der Waals surface area contributed by atoms with Crippen LogP contribution in [0.2, 0.25) is 0 Å². The van der Waals surface area contributed by atoms with E-state index in [1.165, 1.54) is 16.5 Å². The summed E-state index contributed by atoms with van der Waals surface area (Å²) in [6.45, 7) is 0. The first-order chi connectivity index (χ1) is 10.2. The van der Waals surface area contributed by atoms with E-state index in [9.17, 15) is 10.1 Å². The number of aryl methyl sites for hydroxylation is 1. The zero-order valence-corrected chi connectivity index (χ0v) is 12.0. The minimum atomic E-state index is -0.444. The van der Waals surface area contributed by atoms with Crippen molar-refractivity contribution in [3.63, 3.8) is 0 Å². The molecule has 5 nitrogen and oxygen atoms in total. The molecule has 2 aromatic rings. The van der Waals surface area contributed by atoms with Gasteiger partial charge in [-0.05, 0) is 48.4 Å². The fourth-order valence-electron chi connectivity index (χ4n) is 2.70. The van der Waals surface area contributed by atoms with Crippen LogP contribution in [-0.4, -0.2) is 4.92 Å². The van der Waals surface area contributed by atoms with Crippen molar-refractivity contribution >= 4 is 22.7 Å². The molecule has 1 aromatic heterocycles. The van der Waals surface area contributed by atoms with Gasteiger partial charge in [0.25, 0.3) is 5.69 Å². The van der Waals surface area contributed by atoms with Crippen LogP contribution in [0.1, 0.15) is 34.9 Å². The van der Waals surface area contributed by atoms with E-state index in [1.807, 2.05) is 6.07 Å². The number of nitrogens with one attached hydrogen (secondary N) is 1. The summed E-state index contributed by atoms with van der Waals surface area (Å²) < 4.78 is 0. The molecule has 1 aromatic carbocycles. The molecule has 1 N–H and O–H groups in total. The molecule has 1 atom stereocenters. The second-order valence-electron chi connectivity index (χ2n) is 4.99. The quantitative estimate of drug-likeness (QED) is 0.685. The van der Waals surface area contributed by atoms with Crippen LogP contribution in [0.25, 0.3) is 0 Å². The van der Waals surface area contributed by atoms with Gasteiger partial charge >= 0.3 is 0 Å². The maximum atomic E-state index is 11.2. The summed E-state index contributed by atoms with van der Waals surface area (Å²) in [4.78, 5) is 12.1. The molecular formula is C15H13N3O2S. The Balaban J connectivity index is 1.93. The van der Waals surface area contributed by atoms with E-state index >= 15 is 0 Å². The molecule has 0 amide bonds. The Bertz CT molecular complexity index is 733. The number of hydrogen-bond donors (Lipinski definition) is 1. The van der Waals surface area contributed by atoms with Gasteiger partial charge in [-0.25, -0.2) is 0 Å². The average molecular weight is 299 g/mol. The smallest absolute Gasteiger partial charge is 0.293 e. The van der Waals surface area contributed by atoms with Gasteiger partial charge < -0.3 is 5.32 Å². The minimum Gasteiger partial charge on any atom is -0.373 e. The molecule has 106 valence electrons. The number of rotatable bonds is 3. The highest BCUT2D eigenvalue weighted by Crippen LogP contribution is 2.37. The summed E-state index contributed by atoms with van der Waals surface area (Å²) in [7, 11) is 0. The van der Waals surface area contributed by atoms with E-state index in [2.05, 4.69) is 16.8 Å². The van der Waals surface area contributed by atoms with Crippen LogP contribution in [0.4, 0.5) is 11.4 Å². The third kappa shape index (κ3) is 2.60. The number of nitriles is 1. The minimum absolute atomic E-state index is 0.0450. The lowest BCUT2D eigenvalue weighted by Crippen LogP contribution is -2.16. The normalized spacial score (nSPS) is 16.8. The van der Waals surface area contributed by atoms with Crippen molar-refractivity contribution in [3.05, 3.63) is 55.8 Å². The number of anilines is 1. The molecule has 0 saturated heterocycles. The Kier molecular flexibility index (Phi) is 3.59. The van der Waals surface area contributed by atoms with Gasteiger partial charge in [-0.2, -0.15) is 5.26 Å². The molecule has 1 aliphatic rings. The average Bonchev–Trinajstić information content (AvgIpc) is 2.97. The van der Waals surface area contributed by atoms with Crippen molar-refractivity contribution in [3.8, 4) is 6.07 Å². The van der Waals surface area contributed by atoms with Crippen molar-refractivity contribution in [1.82, 2.24) is 0 Å². The molecule has 1 unspecified atom stereocenters. The molecule has 6 heteroatoms. The van der Waals surface area contributed by atoms with Gasteiger partial charge in [0.05, 0.1) is 22.6 Å². The topological polar surface area (TPSA) is 79.0 Å². The SMILES string of the molecule is N#Cc1ccc(NC2CCCc3sccc32)c([N+](=O)[O-])c1. The van der Waals surface area contributed by atoms with E-state index in [1.54, 1.807) is 23.5 Å². The predicted molar refractivity (Wildman–Crippen MR) is 81.4 cm³/mol. The summed E-state index contributed by atoms with van der Waals surface area (Å²) in [5.74, 6) is 0. The van der Waals surface area contributed by atoms with Crippen LogP contribution in [0, 0.1) is 21.4 Å². The number of benzene rings is 1. The zero-order chi connectivity index (χ0) is 14.8. The maximum Gasteiger partial charge on any atom is 0.293 e. The third-order valence-electron chi connectivity index (χ3n) is 3.71. The summed E-state index contributed by atoms with van der Waals surface area (Å²) in [5.41, 5.74) is 1.97. The van der Waals surface area contributed by atoms with Gasteiger partial charge in [-0.1, -0.05) is 0 Å². The highest BCUT2D eigenvalue weighted by Gasteiger charge is 2.24. The molecule has 1 heterocycles. The number of nitro groups is 1. The Labute approximate surface area is 126 Å². The Morgan fingerprint density at radius 2 is 2.29 bits per heavy atom. The Morgan fingerprint density at radius 1 is 1.43 bits per heavy atom. The highest BCUT2D eigenvalue weighted by atomic mass is 32.1. The van der Waals surface area contributed by atoms with Crippen molar-refractivity contribution in [1.29, 1.82) is 5.26 Å². The Morgan fingerprint density at radius 3 is 3.05 bits per heavy atom. The van der Waals surface area contributed by atoms with Crippen LogP contribution in [-0.2, 0) is 6.42 Å². The molecule has 0 fully saturated rings. The fraction of sp³-hybridized carbons (Fsp3) is 0.267. The largest absolute Gasteiger partial charge is 0.373 e. The number of nitro benzene ring substituents is 1. The number of thiophene rings is 1. The first kappa shape index (κ1) is 13.6. The lowest BCUT2D eigenvalue weighted by Gasteiger charge is -2.24. The highest BCUT2D eigenvalue weighted by molar-refractivity contribution is 7.10. The van der Waals surface area contributed by atoms with Crippen molar-refractivity contribution < 1.29 is 4.92 Å². The third-order valence-corrected chi connectivity index (χ3v) is 4.70. The van der Waals surface area contributed by atoms with E-state index in [4.69, 9.17) is 5.26 Å². The van der Waals surface area contributed by atoms with Crippen LogP contribution >= 0.6 is 11.3 Å². The van der Waals surface area contributed by atoms with E-state index in [0.717, 1.165) is 19.3 Å². The zero-order valence-electron chi connectivity index (χ0n) is 11.2. The van der Waals surface area contributed by atoms with Crippen molar-refractivity contribution in [2.75, 3.05) is 5.32 Å². The van der Waals surface area contributed by atoms with Crippen molar-refractivity contribution in [2.45, 2.75) is 25.3 Å². The standard InChI is InChI=1S/C15H13N3O2S/c16-9-10-4-5-13(14(8-10)18(19)20)17-12-2-1-3-15-11(12)6-7-21-15/h4-8,12,17H,1-3H2. The summed E-state index contributed by atoms with van der Waals surface area (Å²) in [6, 6.07) is 8.67. The van der Waals surface area contributed by atoms with Crippen LogP contribution in [0.3, 0.4) is 0 Å². The Hall–Kier alpha value is -2.39. The first-order valence-corrected chi connectivity index (χ1v) is 7.58. The summed E-state index contributed by atoms with van der Waals surface area (Å²) in [5, 5.41) is 25.4. The number of hydrogen-bond acceptors (Lipinski definition) is 5. The maximum absolute atomic E-state index is 11.2. The van der Waals surface area contributed by atoms with Crippen molar-refractivity contribution in [2.24, 2.45) is 0 Å². The van der Waals surface area contributed by atoms with Crippen LogP contribution in [0.5, 0.6) is 0 Å². The molecule has 0 bridgehead atoms. The lowest BCUT2D eigenvalue weighted by molar-refractivity contribution is -0.384. The second kappa shape index (κ2) is 5.54. The predicted octanol–water partition coefficient (Wildman–Crippen LogP) is 4.02. The molecule has 1 aliphatic carbocycles. The second-order valence-corrected chi connectivity index (χ2v) is 5.99. The summed E-state index contributed by atoms with van der Waals surface area (Å²) in [6.07, 6.45) is 3.12. The van der Waals surface area contributed by atoms with Gasteiger partial charge in [0.1, 0.15) is 5.69 Å². The molecule has 0 radical (unpaired) electrons. The van der Waals surface area contributed by atoms with Crippen LogP contribution in [0.15, 0.2) is 29.6 Å². The molecule has 21 heavy (non-hydrogen) atoms. The fourth-order valence-corrected chi connectivity index (χ4v) is 3.69. The molecule has 0 spiro atoms. The number of nitrogens with zero attached hydrogens (tertiary/aromatic N) is 2. The van der Waals surface area contributed by atoms with E-state index < -0.39 is 4.92 Å². The van der Waals surface area contributed by atoms with Gasteiger partial charge in [0.15, 0.2) is 0 Å². The van der Waals surface area contributed by atoms with Gasteiger partial charge in [0, 0.05) is 10.9 Å². The molecular weight excluding hydrogens is 286 g/mol. The first-order valence-electron chi connectivity index (χ1n) is 6.70. The molecule has 0 saturated carbocycles. The van der Waals surface area contributed by atoms with E-state index in [0.29, 0.717) is 11.3 Å².